The Hall–Kier alpha value is -1.73. The molecule has 100 valence electrons. The summed E-state index contributed by atoms with van der Waals surface area (Å²) in [6.07, 6.45) is -0.970. The zero-order valence-corrected chi connectivity index (χ0v) is 9.74. The van der Waals surface area contributed by atoms with Crippen LogP contribution >= 0.6 is 0 Å². The van der Waals surface area contributed by atoms with Gasteiger partial charge in [-0.1, -0.05) is 0 Å². The van der Waals surface area contributed by atoms with Crippen molar-refractivity contribution in [3.63, 3.8) is 0 Å². The maximum absolute atomic E-state index is 12.2. The second-order valence-electron chi connectivity index (χ2n) is 4.28. The fraction of sp³-hybridized carbons (Fsp3) is 0.600. The second kappa shape index (κ2) is 4.51. The molecule has 1 fully saturated rings. The number of hydrogen-bond acceptors (Lipinski definition) is 3. The number of aromatic nitrogens is 2. The lowest BCUT2D eigenvalue weighted by atomic mass is 10.2. The Morgan fingerprint density at radius 2 is 2.28 bits per heavy atom. The van der Waals surface area contributed by atoms with Gasteiger partial charge in [-0.25, -0.2) is 0 Å². The third-order valence-corrected chi connectivity index (χ3v) is 2.79. The largest absolute Gasteiger partial charge is 0.471 e. The molecule has 8 heteroatoms. The number of carbonyl (C=O) groups excluding carboxylic acids is 1. The topological polar surface area (TPSA) is 50.2 Å². The van der Waals surface area contributed by atoms with E-state index < -0.39 is 12.1 Å². The SMILES string of the molecule is Cn1cc(NC2CCN(C(=O)C(F)(F)F)C2)cn1. The smallest absolute Gasteiger partial charge is 0.378 e. The number of rotatable bonds is 2. The summed E-state index contributed by atoms with van der Waals surface area (Å²) in [7, 11) is 1.75. The van der Waals surface area contributed by atoms with E-state index in [4.69, 9.17) is 0 Å². The van der Waals surface area contributed by atoms with Crippen LogP contribution < -0.4 is 5.32 Å². The summed E-state index contributed by atoms with van der Waals surface area (Å²) in [6.45, 7) is 0.184. The van der Waals surface area contributed by atoms with Gasteiger partial charge in [0.15, 0.2) is 0 Å². The van der Waals surface area contributed by atoms with Gasteiger partial charge in [0, 0.05) is 32.4 Å². The van der Waals surface area contributed by atoms with Gasteiger partial charge in [-0.05, 0) is 6.42 Å². The van der Waals surface area contributed by atoms with Crippen LogP contribution in [0, 0.1) is 0 Å². The van der Waals surface area contributed by atoms with Crippen LogP contribution in [-0.2, 0) is 11.8 Å². The van der Waals surface area contributed by atoms with Crippen LogP contribution in [0.3, 0.4) is 0 Å². The molecule has 0 aromatic carbocycles. The summed E-state index contributed by atoms with van der Waals surface area (Å²) in [4.78, 5) is 11.9. The van der Waals surface area contributed by atoms with Crippen molar-refractivity contribution >= 4 is 11.6 Å². The molecule has 2 rings (SSSR count). The Bertz CT molecular complexity index is 443. The summed E-state index contributed by atoms with van der Waals surface area (Å²) < 4.78 is 38.3. The number of aryl methyl sites for hydroxylation is 1. The highest BCUT2D eigenvalue weighted by Crippen LogP contribution is 2.23. The van der Waals surface area contributed by atoms with Gasteiger partial charge in [0.2, 0.25) is 0 Å². The number of nitrogens with one attached hydrogen (secondary N) is 1. The molecule has 0 aliphatic carbocycles. The Labute approximate surface area is 102 Å². The Morgan fingerprint density at radius 3 is 2.83 bits per heavy atom. The number of carbonyl (C=O) groups is 1. The van der Waals surface area contributed by atoms with E-state index in [9.17, 15) is 18.0 Å². The monoisotopic (exact) mass is 262 g/mol. The molecule has 1 unspecified atom stereocenters. The van der Waals surface area contributed by atoms with Crippen molar-refractivity contribution in [2.45, 2.75) is 18.6 Å². The Balaban J connectivity index is 1.91. The van der Waals surface area contributed by atoms with Crippen LogP contribution in [0.15, 0.2) is 12.4 Å². The molecule has 1 amide bonds. The molecule has 2 heterocycles. The summed E-state index contributed by atoms with van der Waals surface area (Å²) in [6, 6.07) is -0.166. The van der Waals surface area contributed by atoms with Crippen LogP contribution in [-0.4, -0.2) is 45.9 Å². The van der Waals surface area contributed by atoms with Gasteiger partial charge >= 0.3 is 12.1 Å². The number of alkyl halides is 3. The number of anilines is 1. The number of amides is 1. The van der Waals surface area contributed by atoms with Crippen molar-refractivity contribution in [3.8, 4) is 0 Å². The molecule has 1 aromatic rings. The van der Waals surface area contributed by atoms with Crippen LogP contribution in [0.4, 0.5) is 18.9 Å². The normalized spacial score (nSPS) is 20.2. The number of halogens is 3. The van der Waals surface area contributed by atoms with E-state index in [1.54, 1.807) is 24.1 Å². The third kappa shape index (κ3) is 2.74. The van der Waals surface area contributed by atoms with E-state index in [1.165, 1.54) is 0 Å². The van der Waals surface area contributed by atoms with Crippen LogP contribution in [0.25, 0.3) is 0 Å². The average Bonchev–Trinajstić information content (AvgIpc) is 2.86. The van der Waals surface area contributed by atoms with Gasteiger partial charge in [0.1, 0.15) is 0 Å². The van der Waals surface area contributed by atoms with Crippen molar-refractivity contribution < 1.29 is 18.0 Å². The maximum Gasteiger partial charge on any atom is 0.471 e. The van der Waals surface area contributed by atoms with Crippen LogP contribution in [0.2, 0.25) is 0 Å². The lowest BCUT2D eigenvalue weighted by Gasteiger charge is -2.18. The molecule has 0 radical (unpaired) electrons. The van der Waals surface area contributed by atoms with Gasteiger partial charge < -0.3 is 10.2 Å². The maximum atomic E-state index is 12.2. The first-order valence-electron chi connectivity index (χ1n) is 5.47. The van der Waals surface area contributed by atoms with Crippen LogP contribution in [0.1, 0.15) is 6.42 Å². The molecule has 1 aliphatic rings. The predicted molar refractivity (Wildman–Crippen MR) is 57.9 cm³/mol. The van der Waals surface area contributed by atoms with E-state index in [0.29, 0.717) is 6.42 Å². The first-order chi connectivity index (χ1) is 8.36. The van der Waals surface area contributed by atoms with Crippen molar-refractivity contribution in [2.24, 2.45) is 7.05 Å². The zero-order chi connectivity index (χ0) is 13.3. The first-order valence-corrected chi connectivity index (χ1v) is 5.47. The van der Waals surface area contributed by atoms with Gasteiger partial charge in [0.05, 0.1) is 11.9 Å². The minimum absolute atomic E-state index is 0.0627. The van der Waals surface area contributed by atoms with Gasteiger partial charge in [0.25, 0.3) is 0 Å². The predicted octanol–water partition coefficient (Wildman–Crippen LogP) is 0.995. The number of hydrogen-bond donors (Lipinski definition) is 1. The van der Waals surface area contributed by atoms with Crippen LogP contribution in [0.5, 0.6) is 0 Å². The molecule has 1 aromatic heterocycles. The summed E-state index contributed by atoms with van der Waals surface area (Å²) in [5.74, 6) is -1.77. The average molecular weight is 262 g/mol. The highest BCUT2D eigenvalue weighted by atomic mass is 19.4. The van der Waals surface area contributed by atoms with Gasteiger partial charge in [-0.2, -0.15) is 18.3 Å². The minimum atomic E-state index is -4.79. The highest BCUT2D eigenvalue weighted by Gasteiger charge is 2.44. The Morgan fingerprint density at radius 1 is 1.56 bits per heavy atom. The second-order valence-corrected chi connectivity index (χ2v) is 4.28. The molecule has 18 heavy (non-hydrogen) atoms. The van der Waals surface area contributed by atoms with E-state index in [2.05, 4.69) is 10.4 Å². The van der Waals surface area contributed by atoms with Gasteiger partial charge in [-0.15, -0.1) is 0 Å². The van der Waals surface area contributed by atoms with Crippen molar-refractivity contribution in [2.75, 3.05) is 18.4 Å². The fourth-order valence-electron chi connectivity index (χ4n) is 1.97. The molecular formula is C10H13F3N4O. The molecular weight excluding hydrogens is 249 g/mol. The van der Waals surface area contributed by atoms with E-state index in [1.807, 2.05) is 0 Å². The fourth-order valence-corrected chi connectivity index (χ4v) is 1.97. The van der Waals surface area contributed by atoms with E-state index in [-0.39, 0.29) is 19.1 Å². The minimum Gasteiger partial charge on any atom is -0.378 e. The molecule has 5 nitrogen and oxygen atoms in total. The van der Waals surface area contributed by atoms with Crippen molar-refractivity contribution in [1.82, 2.24) is 14.7 Å². The van der Waals surface area contributed by atoms with Crippen molar-refractivity contribution in [1.29, 1.82) is 0 Å². The lowest BCUT2D eigenvalue weighted by Crippen LogP contribution is -2.40. The summed E-state index contributed by atoms with van der Waals surface area (Å²) >= 11 is 0. The van der Waals surface area contributed by atoms with Crippen molar-refractivity contribution in [3.05, 3.63) is 12.4 Å². The highest BCUT2D eigenvalue weighted by molar-refractivity contribution is 5.82. The molecule has 1 N–H and O–H groups in total. The van der Waals surface area contributed by atoms with E-state index >= 15 is 0 Å². The molecule has 0 saturated carbocycles. The molecule has 1 saturated heterocycles. The Kier molecular flexibility index (Phi) is 3.18. The standard InChI is InChI=1S/C10H13F3N4O/c1-16-5-8(4-14-16)15-7-2-3-17(6-7)9(18)10(11,12)13/h4-5,7,15H,2-3,6H2,1H3. The van der Waals surface area contributed by atoms with E-state index in [0.717, 1.165) is 10.6 Å². The first kappa shape index (κ1) is 12.7. The van der Waals surface area contributed by atoms with Gasteiger partial charge in [-0.3, -0.25) is 9.48 Å². The number of nitrogens with zero attached hydrogens (tertiary/aromatic N) is 3. The summed E-state index contributed by atoms with van der Waals surface area (Å²) in [5.41, 5.74) is 0.740. The summed E-state index contributed by atoms with van der Waals surface area (Å²) in [5, 5.41) is 7.00. The number of likely N-dealkylation sites (tertiary alicyclic amines) is 1. The third-order valence-electron chi connectivity index (χ3n) is 2.79. The molecule has 1 atom stereocenters. The molecule has 0 spiro atoms. The zero-order valence-electron chi connectivity index (χ0n) is 9.74. The quantitative estimate of drug-likeness (QED) is 0.865. The molecule has 0 bridgehead atoms. The molecule has 1 aliphatic heterocycles. The lowest BCUT2D eigenvalue weighted by molar-refractivity contribution is -0.184.